The average Bonchev–Trinajstić information content (AvgIpc) is 2.78. The number of amides is 1. The number of nitrogens with zero attached hydrogens (tertiary/aromatic N) is 3. The largest absolute Gasteiger partial charge is 0.471 e. The molecule has 168 valence electrons. The molecule has 4 rings (SSSR count). The molecular weight excluding hydrogens is 471 g/mol. The van der Waals surface area contributed by atoms with Crippen molar-refractivity contribution in [2.45, 2.75) is 17.9 Å². The summed E-state index contributed by atoms with van der Waals surface area (Å²) in [6, 6.07) is 12.8. The Hall–Kier alpha value is -3.68. The van der Waals surface area contributed by atoms with E-state index in [-0.39, 0.29) is 44.8 Å². The van der Waals surface area contributed by atoms with Crippen LogP contribution in [0, 0.1) is 17.1 Å². The van der Waals surface area contributed by atoms with Gasteiger partial charge in [-0.1, -0.05) is 23.7 Å². The number of hydrogen-bond acceptors (Lipinski definition) is 6. The van der Waals surface area contributed by atoms with Crippen LogP contribution in [-0.2, 0) is 10.0 Å². The minimum Gasteiger partial charge on any atom is -0.471 e. The highest BCUT2D eigenvalue weighted by atomic mass is 35.5. The molecule has 0 saturated heterocycles. The summed E-state index contributed by atoms with van der Waals surface area (Å²) < 4.78 is 47.6. The Kier molecular flexibility index (Phi) is 5.93. The van der Waals surface area contributed by atoms with Gasteiger partial charge in [-0.15, -0.1) is 0 Å². The fourth-order valence-electron chi connectivity index (χ4n) is 3.33. The zero-order chi connectivity index (χ0) is 23.8. The summed E-state index contributed by atoms with van der Waals surface area (Å²) in [7, 11) is -4.08. The van der Waals surface area contributed by atoms with Gasteiger partial charge in [0.05, 0.1) is 45.5 Å². The van der Waals surface area contributed by atoms with Crippen molar-refractivity contribution in [3.63, 3.8) is 0 Å². The lowest BCUT2D eigenvalue weighted by atomic mass is 10.2. The van der Waals surface area contributed by atoms with Gasteiger partial charge in [-0.2, -0.15) is 5.26 Å². The van der Waals surface area contributed by atoms with Gasteiger partial charge in [0.1, 0.15) is 17.6 Å². The Morgan fingerprint density at radius 1 is 1.30 bits per heavy atom. The van der Waals surface area contributed by atoms with Gasteiger partial charge in [0.2, 0.25) is 5.88 Å². The molecule has 33 heavy (non-hydrogen) atoms. The van der Waals surface area contributed by atoms with Gasteiger partial charge < -0.3 is 10.1 Å². The number of sulfonamides is 1. The first-order chi connectivity index (χ1) is 15.7. The van der Waals surface area contributed by atoms with E-state index in [0.717, 1.165) is 10.4 Å². The molecule has 8 nitrogen and oxygen atoms in total. The molecule has 1 N–H and O–H groups in total. The van der Waals surface area contributed by atoms with Crippen LogP contribution in [0.5, 0.6) is 5.88 Å². The standard InChI is InChI=1S/C22H16ClFN4O4S/c1-13-12-28(33(30,31)16-5-2-4-14(8-16)10-25)19-9-15(11-26-22(19)32-13)27-21(29)20-17(23)6-3-7-18(20)24/h2-9,11,13H,12H2,1H3,(H,27,29)/t13-/m0/s1. The number of nitriles is 1. The molecule has 0 unspecified atom stereocenters. The van der Waals surface area contributed by atoms with Crippen molar-refractivity contribution in [2.75, 3.05) is 16.2 Å². The highest BCUT2D eigenvalue weighted by Crippen LogP contribution is 2.37. The number of anilines is 2. The van der Waals surface area contributed by atoms with Crippen molar-refractivity contribution in [2.24, 2.45) is 0 Å². The Labute approximate surface area is 194 Å². The molecule has 1 aliphatic rings. The lowest BCUT2D eigenvalue weighted by molar-refractivity contribution is 0.102. The zero-order valence-corrected chi connectivity index (χ0v) is 18.7. The summed E-state index contributed by atoms with van der Waals surface area (Å²) in [5.41, 5.74) is 0.0492. The maximum absolute atomic E-state index is 14.1. The van der Waals surface area contributed by atoms with Crippen LogP contribution in [0.25, 0.3) is 0 Å². The molecule has 0 bridgehead atoms. The second-order valence-corrected chi connectivity index (χ2v) is 9.47. The van der Waals surface area contributed by atoms with Gasteiger partial charge in [0, 0.05) is 0 Å². The molecule has 11 heteroatoms. The van der Waals surface area contributed by atoms with E-state index in [1.54, 1.807) is 6.92 Å². The monoisotopic (exact) mass is 486 g/mol. The maximum Gasteiger partial charge on any atom is 0.264 e. The molecule has 0 fully saturated rings. The summed E-state index contributed by atoms with van der Waals surface area (Å²) in [5.74, 6) is -1.57. The van der Waals surface area contributed by atoms with Gasteiger partial charge in [0.25, 0.3) is 15.9 Å². The minimum atomic E-state index is -4.08. The molecule has 1 atom stereocenters. The van der Waals surface area contributed by atoms with E-state index in [1.165, 1.54) is 48.7 Å². The van der Waals surface area contributed by atoms with Crippen LogP contribution in [-0.4, -0.2) is 32.0 Å². The fraction of sp³-hybridized carbons (Fsp3) is 0.136. The molecule has 0 aliphatic carbocycles. The quantitative estimate of drug-likeness (QED) is 0.597. The van der Waals surface area contributed by atoms with Crippen LogP contribution >= 0.6 is 11.6 Å². The summed E-state index contributed by atoms with van der Waals surface area (Å²) >= 11 is 5.95. The van der Waals surface area contributed by atoms with E-state index < -0.39 is 27.9 Å². The number of pyridine rings is 1. The molecule has 0 spiro atoms. The molecule has 2 heterocycles. The third-order valence-corrected chi connectivity index (χ3v) is 6.93. The summed E-state index contributed by atoms with van der Waals surface area (Å²) in [4.78, 5) is 16.6. The Balaban J connectivity index is 1.72. The minimum absolute atomic E-state index is 0.0235. The number of ether oxygens (including phenoxy) is 1. The number of halogens is 2. The summed E-state index contributed by atoms with van der Waals surface area (Å²) in [6.07, 6.45) is 0.765. The highest BCUT2D eigenvalue weighted by Gasteiger charge is 2.34. The number of nitrogens with one attached hydrogen (secondary N) is 1. The van der Waals surface area contributed by atoms with Crippen molar-refractivity contribution >= 4 is 38.9 Å². The van der Waals surface area contributed by atoms with E-state index >= 15 is 0 Å². The fourth-order valence-corrected chi connectivity index (χ4v) is 5.15. The number of aromatic nitrogens is 1. The number of carbonyl (C=O) groups excluding carboxylic acids is 1. The Morgan fingerprint density at radius 2 is 2.06 bits per heavy atom. The van der Waals surface area contributed by atoms with E-state index in [1.807, 2.05) is 6.07 Å². The third-order valence-electron chi connectivity index (χ3n) is 4.84. The number of hydrogen-bond donors (Lipinski definition) is 1. The number of fused-ring (bicyclic) bond motifs is 1. The van der Waals surface area contributed by atoms with Crippen LogP contribution in [0.1, 0.15) is 22.8 Å². The topological polar surface area (TPSA) is 112 Å². The SMILES string of the molecule is C[C@H]1CN(S(=O)(=O)c2cccc(C#N)c2)c2cc(NC(=O)c3c(F)cccc3Cl)cnc2O1. The molecule has 2 aromatic carbocycles. The van der Waals surface area contributed by atoms with E-state index in [2.05, 4.69) is 10.3 Å². The first-order valence-electron chi connectivity index (χ1n) is 9.65. The second-order valence-electron chi connectivity index (χ2n) is 7.20. The van der Waals surface area contributed by atoms with Gasteiger partial charge in [0.15, 0.2) is 0 Å². The lowest BCUT2D eigenvalue weighted by Crippen LogP contribution is -2.42. The molecular formula is C22H16ClFN4O4S. The molecule has 3 aromatic rings. The van der Waals surface area contributed by atoms with Crippen LogP contribution in [0.2, 0.25) is 5.02 Å². The Bertz CT molecular complexity index is 1390. The predicted molar refractivity (Wildman–Crippen MR) is 119 cm³/mol. The van der Waals surface area contributed by atoms with Gasteiger partial charge in [-0.05, 0) is 43.3 Å². The first-order valence-corrected chi connectivity index (χ1v) is 11.5. The number of rotatable bonds is 4. The van der Waals surface area contributed by atoms with E-state index in [0.29, 0.717) is 0 Å². The van der Waals surface area contributed by atoms with Gasteiger partial charge >= 0.3 is 0 Å². The van der Waals surface area contributed by atoms with Crippen molar-refractivity contribution in [1.29, 1.82) is 5.26 Å². The second kappa shape index (κ2) is 8.69. The smallest absolute Gasteiger partial charge is 0.264 e. The lowest BCUT2D eigenvalue weighted by Gasteiger charge is -2.33. The molecule has 1 aromatic heterocycles. The summed E-state index contributed by atoms with van der Waals surface area (Å²) in [5, 5.41) is 11.5. The zero-order valence-electron chi connectivity index (χ0n) is 17.1. The molecule has 1 aliphatic heterocycles. The molecule has 0 radical (unpaired) electrons. The Morgan fingerprint density at radius 3 is 2.79 bits per heavy atom. The normalized spacial score (nSPS) is 15.2. The van der Waals surface area contributed by atoms with E-state index in [9.17, 15) is 17.6 Å². The summed E-state index contributed by atoms with van der Waals surface area (Å²) in [6.45, 7) is 1.67. The number of carbonyl (C=O) groups is 1. The maximum atomic E-state index is 14.1. The molecule has 0 saturated carbocycles. The van der Waals surface area contributed by atoms with Crippen LogP contribution in [0.4, 0.5) is 15.8 Å². The van der Waals surface area contributed by atoms with Crippen molar-refractivity contribution < 1.29 is 22.3 Å². The average molecular weight is 487 g/mol. The van der Waals surface area contributed by atoms with Crippen LogP contribution < -0.4 is 14.4 Å². The van der Waals surface area contributed by atoms with Crippen molar-refractivity contribution in [3.8, 4) is 11.9 Å². The van der Waals surface area contributed by atoms with Gasteiger partial charge in [-0.3, -0.25) is 9.10 Å². The van der Waals surface area contributed by atoms with Crippen LogP contribution in [0.15, 0.2) is 59.6 Å². The molecule has 1 amide bonds. The third kappa shape index (κ3) is 4.33. The van der Waals surface area contributed by atoms with Gasteiger partial charge in [-0.25, -0.2) is 17.8 Å². The van der Waals surface area contributed by atoms with Crippen LogP contribution in [0.3, 0.4) is 0 Å². The van der Waals surface area contributed by atoms with Crippen molar-refractivity contribution in [1.82, 2.24) is 4.98 Å². The predicted octanol–water partition coefficient (Wildman–Crippen LogP) is 3.97. The van der Waals surface area contributed by atoms with Crippen molar-refractivity contribution in [3.05, 3.63) is 76.7 Å². The highest BCUT2D eigenvalue weighted by molar-refractivity contribution is 7.92. The van der Waals surface area contributed by atoms with E-state index in [4.69, 9.17) is 21.6 Å². The first kappa shape index (κ1) is 22.5. The number of benzene rings is 2.